The van der Waals surface area contributed by atoms with Crippen molar-refractivity contribution in [1.29, 1.82) is 0 Å². The maximum absolute atomic E-state index is 12.0. The average molecular weight is 1240 g/mol. The Balaban J connectivity index is 0.000000573. The molecule has 0 saturated carbocycles. The van der Waals surface area contributed by atoms with Gasteiger partial charge >= 0.3 is 37.7 Å². The smallest absolute Gasteiger partial charge is 0.744 e. The summed E-state index contributed by atoms with van der Waals surface area (Å²) in [6.45, 7) is 9.08. The van der Waals surface area contributed by atoms with Gasteiger partial charge in [0.1, 0.15) is 20.2 Å². The monoisotopic (exact) mass is 1240 g/mol. The Hall–Kier alpha value is -1.52. The summed E-state index contributed by atoms with van der Waals surface area (Å²) in [5.74, 6) is 0. The van der Waals surface area contributed by atoms with Gasteiger partial charge in [-0.3, -0.25) is 0 Å². The van der Waals surface area contributed by atoms with Crippen LogP contribution in [0.4, 0.5) is 0 Å². The maximum Gasteiger partial charge on any atom is 2.00 e. The molecule has 0 aliphatic heterocycles. The standard InChI is InChI=1S/2C38H64O3S.Ca/c2*1-3-5-7-9-11-13-15-17-19-21-23-25-28-34-30-27-31-37-35(32-36(33-38(34)37)42(39,40)41)29-26-24-22-20-18-16-14-12-10-8-6-4-2;/h2*27,30-33H,3-26,28-29H2,1-2H3,(H,39,40,41);/q;;+2/p-2. The van der Waals surface area contributed by atoms with Crippen LogP contribution < -0.4 is 0 Å². The molecule has 480 valence electrons. The van der Waals surface area contributed by atoms with E-state index in [1.807, 2.05) is 0 Å². The second-order valence-electron chi connectivity index (χ2n) is 25.7. The van der Waals surface area contributed by atoms with E-state index in [2.05, 4.69) is 64.1 Å². The molecule has 0 aromatic heterocycles. The van der Waals surface area contributed by atoms with Crippen LogP contribution in [0.3, 0.4) is 0 Å². The summed E-state index contributed by atoms with van der Waals surface area (Å²) in [5, 5.41) is 4.18. The van der Waals surface area contributed by atoms with Crippen LogP contribution in [-0.2, 0) is 45.9 Å². The molecule has 0 saturated heterocycles. The molecule has 6 nitrogen and oxygen atoms in total. The Kier molecular flexibility index (Phi) is 48.8. The van der Waals surface area contributed by atoms with Gasteiger partial charge < -0.3 is 9.11 Å². The van der Waals surface area contributed by atoms with Gasteiger partial charge in [-0.1, -0.05) is 347 Å². The molecule has 0 spiro atoms. The van der Waals surface area contributed by atoms with Crippen LogP contribution in [0.5, 0.6) is 0 Å². The Morgan fingerprint density at radius 3 is 0.635 bits per heavy atom. The van der Waals surface area contributed by atoms with E-state index < -0.39 is 20.2 Å². The summed E-state index contributed by atoms with van der Waals surface area (Å²) in [7, 11) is -8.97. The quantitative estimate of drug-likeness (QED) is 0.0247. The van der Waals surface area contributed by atoms with Gasteiger partial charge in [-0.2, -0.15) is 0 Å². The molecule has 0 N–H and O–H groups in total. The maximum atomic E-state index is 12.0. The Morgan fingerprint density at radius 1 is 0.247 bits per heavy atom. The third-order valence-electron chi connectivity index (χ3n) is 18.1. The Morgan fingerprint density at radius 2 is 0.435 bits per heavy atom. The third kappa shape index (κ3) is 38.1. The molecule has 9 heteroatoms. The number of benzene rings is 4. The first-order valence-corrected chi connectivity index (χ1v) is 38.8. The zero-order chi connectivity index (χ0) is 60.6. The van der Waals surface area contributed by atoms with E-state index in [-0.39, 0.29) is 47.5 Å². The SMILES string of the molecule is CCCCCCCCCCCCCCc1cc(S(=O)(=O)[O-])cc2c(CCCCCCCCCCCCCC)cccc12.CCCCCCCCCCCCCCc1cc(S(=O)(=O)[O-])cc2c(CCCCCCCCCCCCCC)cccc12.[Ca+2]. The first-order chi connectivity index (χ1) is 40.9. The van der Waals surface area contributed by atoms with Crippen molar-refractivity contribution in [2.24, 2.45) is 0 Å². The van der Waals surface area contributed by atoms with Crippen LogP contribution in [0.25, 0.3) is 21.5 Å². The number of aryl methyl sites for hydroxylation is 4. The summed E-state index contributed by atoms with van der Waals surface area (Å²) >= 11 is 0. The molecule has 0 amide bonds. The summed E-state index contributed by atoms with van der Waals surface area (Å²) in [5.41, 5.74) is 4.40. The fourth-order valence-corrected chi connectivity index (χ4v) is 13.9. The first kappa shape index (κ1) is 79.6. The van der Waals surface area contributed by atoms with Crippen molar-refractivity contribution in [3.63, 3.8) is 0 Å². The van der Waals surface area contributed by atoms with Crippen LogP contribution in [0.2, 0.25) is 0 Å². The van der Waals surface area contributed by atoms with Crippen molar-refractivity contribution in [3.05, 3.63) is 82.9 Å². The van der Waals surface area contributed by atoms with Gasteiger partial charge in [-0.05, 0) is 119 Å². The van der Waals surface area contributed by atoms with Gasteiger partial charge in [-0.15, -0.1) is 0 Å². The molecule has 0 heterocycles. The molecular formula is C76H126CaO6S2. The molecule has 0 fully saturated rings. The van der Waals surface area contributed by atoms with E-state index >= 15 is 0 Å². The largest absolute Gasteiger partial charge is 2.00 e. The molecule has 0 atom stereocenters. The second-order valence-corrected chi connectivity index (χ2v) is 28.4. The number of hydrogen-bond donors (Lipinski definition) is 0. The number of unbranched alkanes of at least 4 members (excludes halogenated alkanes) is 44. The first-order valence-electron chi connectivity index (χ1n) is 35.9. The van der Waals surface area contributed by atoms with Crippen molar-refractivity contribution < 1.29 is 25.9 Å². The van der Waals surface area contributed by atoms with E-state index in [0.29, 0.717) is 0 Å². The van der Waals surface area contributed by atoms with Crippen LogP contribution in [-0.4, -0.2) is 63.7 Å². The minimum absolute atomic E-state index is 0. The second kappa shape index (κ2) is 52.1. The minimum atomic E-state index is -4.49. The number of hydrogen-bond acceptors (Lipinski definition) is 6. The normalized spacial score (nSPS) is 11.8. The predicted molar refractivity (Wildman–Crippen MR) is 369 cm³/mol. The number of rotatable bonds is 54. The van der Waals surface area contributed by atoms with Crippen LogP contribution in [0.15, 0.2) is 70.5 Å². The topological polar surface area (TPSA) is 114 Å². The molecule has 4 aromatic carbocycles. The van der Waals surface area contributed by atoms with E-state index in [4.69, 9.17) is 0 Å². The molecule has 0 radical (unpaired) electrons. The fraction of sp³-hybridized carbons (Fsp3) is 0.737. The van der Waals surface area contributed by atoms with Gasteiger partial charge in [0.05, 0.1) is 9.79 Å². The fourth-order valence-electron chi connectivity index (χ4n) is 12.8. The third-order valence-corrected chi connectivity index (χ3v) is 19.7. The van der Waals surface area contributed by atoms with Crippen LogP contribution >= 0.6 is 0 Å². The molecule has 85 heavy (non-hydrogen) atoms. The van der Waals surface area contributed by atoms with Gasteiger partial charge in [0.25, 0.3) is 0 Å². The number of fused-ring (bicyclic) bond motifs is 2. The van der Waals surface area contributed by atoms with Crippen molar-refractivity contribution in [2.45, 2.75) is 371 Å². The van der Waals surface area contributed by atoms with E-state index in [1.165, 1.54) is 281 Å². The van der Waals surface area contributed by atoms with Crippen molar-refractivity contribution in [1.82, 2.24) is 0 Å². The molecule has 4 aromatic rings. The minimum Gasteiger partial charge on any atom is -0.744 e. The molecule has 0 bridgehead atoms. The molecule has 0 aliphatic carbocycles. The van der Waals surface area contributed by atoms with Gasteiger partial charge in [0.2, 0.25) is 0 Å². The summed E-state index contributed by atoms with van der Waals surface area (Å²) in [6.07, 6.45) is 66.5. The molecule has 0 aliphatic rings. The Bertz CT molecular complexity index is 2300. The van der Waals surface area contributed by atoms with E-state index in [1.54, 1.807) is 24.3 Å². The molecule has 4 rings (SSSR count). The van der Waals surface area contributed by atoms with E-state index in [0.717, 1.165) is 96.9 Å². The molecular weight excluding hydrogens is 1110 g/mol. The molecule has 0 unspecified atom stereocenters. The van der Waals surface area contributed by atoms with Gasteiger partial charge in [-0.25, -0.2) is 16.8 Å². The summed E-state index contributed by atoms with van der Waals surface area (Å²) in [4.78, 5) is -0.128. The summed E-state index contributed by atoms with van der Waals surface area (Å²) < 4.78 is 72.2. The summed E-state index contributed by atoms with van der Waals surface area (Å²) in [6, 6.07) is 19.2. The average Bonchev–Trinajstić information content (AvgIpc) is 3.63. The van der Waals surface area contributed by atoms with Gasteiger partial charge in [0.15, 0.2) is 0 Å². The van der Waals surface area contributed by atoms with Crippen LogP contribution in [0, 0.1) is 0 Å². The predicted octanol–water partition coefficient (Wildman–Crippen LogP) is 24.1. The van der Waals surface area contributed by atoms with Gasteiger partial charge in [0, 0.05) is 0 Å². The van der Waals surface area contributed by atoms with Crippen LogP contribution in [0.1, 0.15) is 358 Å². The zero-order valence-corrected chi connectivity index (χ0v) is 59.4. The van der Waals surface area contributed by atoms with Crippen molar-refractivity contribution in [3.8, 4) is 0 Å². The van der Waals surface area contributed by atoms with E-state index in [9.17, 15) is 25.9 Å². The van der Waals surface area contributed by atoms with Crippen molar-refractivity contribution >= 4 is 79.5 Å². The Labute approximate surface area is 555 Å². The van der Waals surface area contributed by atoms with Crippen molar-refractivity contribution in [2.75, 3.05) is 0 Å². The zero-order valence-electron chi connectivity index (χ0n) is 55.5.